The second-order valence-corrected chi connectivity index (χ2v) is 14.3. The van der Waals surface area contributed by atoms with E-state index in [1.54, 1.807) is 0 Å². The standard InChI is InChI=1S/C41H53N10/c1-45-19-21-46(22-20-45)17-16-43-31-35-12-14-41-49(33-44-51(41)32-35)27-28-50-39-10-6-5-9-37(39)38-29-34(11-13-40(38)50)30-42-15-18-47-23-25-48(26-24-47)36-7-3-2-4-8-36/h2-14,29,32-33,42-43H,15-28,30-31H2,1H3/q+1. The van der Waals surface area contributed by atoms with E-state index in [0.717, 1.165) is 84.2 Å². The predicted molar refractivity (Wildman–Crippen MR) is 207 cm³/mol. The van der Waals surface area contributed by atoms with Gasteiger partial charge >= 0.3 is 0 Å². The number of nitrogens with zero attached hydrogens (tertiary/aromatic N) is 8. The van der Waals surface area contributed by atoms with Crippen molar-refractivity contribution < 1.29 is 4.57 Å². The van der Waals surface area contributed by atoms with Crippen molar-refractivity contribution in [1.82, 2.24) is 39.5 Å². The molecular weight excluding hydrogens is 633 g/mol. The fourth-order valence-electron chi connectivity index (χ4n) is 7.84. The van der Waals surface area contributed by atoms with Crippen LogP contribution in [0.3, 0.4) is 0 Å². The van der Waals surface area contributed by atoms with E-state index in [4.69, 9.17) is 5.10 Å². The summed E-state index contributed by atoms with van der Waals surface area (Å²) in [5.74, 6) is 0. The molecule has 0 aliphatic carbocycles. The van der Waals surface area contributed by atoms with Gasteiger partial charge in [-0.25, -0.2) is 4.57 Å². The first-order valence-corrected chi connectivity index (χ1v) is 18.9. The van der Waals surface area contributed by atoms with Crippen LogP contribution in [0.15, 0.2) is 97.5 Å². The summed E-state index contributed by atoms with van der Waals surface area (Å²) >= 11 is 0. The molecule has 0 radical (unpaired) electrons. The Morgan fingerprint density at radius 3 is 2.10 bits per heavy atom. The summed E-state index contributed by atoms with van der Waals surface area (Å²) in [4.78, 5) is 10.0. The molecular formula is C41H53N10+. The lowest BCUT2D eigenvalue weighted by atomic mass is 10.1. The normalized spacial score (nSPS) is 16.6. The maximum Gasteiger partial charge on any atom is 0.266 e. The molecule has 2 aliphatic heterocycles. The molecule has 0 saturated carbocycles. The number of nitrogens with one attached hydrogen (secondary N) is 2. The number of hydrogen-bond donors (Lipinski definition) is 2. The van der Waals surface area contributed by atoms with Crippen molar-refractivity contribution >= 4 is 33.1 Å². The highest BCUT2D eigenvalue weighted by Gasteiger charge is 2.18. The molecule has 3 aromatic carbocycles. The molecule has 0 bridgehead atoms. The number of aromatic nitrogens is 4. The number of benzene rings is 3. The zero-order valence-electron chi connectivity index (χ0n) is 30.1. The summed E-state index contributed by atoms with van der Waals surface area (Å²) in [5, 5.41) is 14.7. The lowest BCUT2D eigenvalue weighted by Gasteiger charge is -2.36. The number of hydrogen-bond acceptors (Lipinski definition) is 7. The lowest BCUT2D eigenvalue weighted by Crippen LogP contribution is -2.48. The predicted octanol–water partition coefficient (Wildman–Crippen LogP) is 3.68. The molecule has 6 aromatic rings. The molecule has 0 amide bonds. The molecule has 2 aliphatic rings. The zero-order valence-corrected chi connectivity index (χ0v) is 30.1. The van der Waals surface area contributed by atoms with Gasteiger partial charge in [0, 0.05) is 136 Å². The molecule has 0 spiro atoms. The molecule has 10 nitrogen and oxygen atoms in total. The van der Waals surface area contributed by atoms with E-state index in [-0.39, 0.29) is 0 Å². The summed E-state index contributed by atoms with van der Waals surface area (Å²) in [5.41, 5.74) is 7.62. The van der Waals surface area contributed by atoms with Crippen molar-refractivity contribution in [2.24, 2.45) is 0 Å². The van der Waals surface area contributed by atoms with Crippen LogP contribution in [0.1, 0.15) is 11.1 Å². The van der Waals surface area contributed by atoms with E-state index in [2.05, 4.69) is 138 Å². The van der Waals surface area contributed by atoms with E-state index in [9.17, 15) is 0 Å². The van der Waals surface area contributed by atoms with Gasteiger partial charge in [-0.2, -0.15) is 0 Å². The highest BCUT2D eigenvalue weighted by atomic mass is 15.3. The maximum absolute atomic E-state index is 4.72. The molecule has 3 aromatic heterocycles. The lowest BCUT2D eigenvalue weighted by molar-refractivity contribution is -0.673. The average molecular weight is 686 g/mol. The monoisotopic (exact) mass is 685 g/mol. The summed E-state index contributed by atoms with van der Waals surface area (Å²) in [6.45, 7) is 16.7. The molecule has 51 heavy (non-hydrogen) atoms. The maximum atomic E-state index is 4.72. The fraction of sp³-hybridized carbons (Fsp3) is 0.415. The largest absolute Gasteiger partial charge is 0.369 e. The van der Waals surface area contributed by atoms with E-state index in [1.165, 1.54) is 64.8 Å². The van der Waals surface area contributed by atoms with Crippen LogP contribution in [0.4, 0.5) is 5.69 Å². The topological polar surface area (TPSA) is 63.1 Å². The Morgan fingerprint density at radius 2 is 1.31 bits per heavy atom. The fourth-order valence-corrected chi connectivity index (χ4v) is 7.84. The summed E-state index contributed by atoms with van der Waals surface area (Å²) in [6, 6.07) is 31.1. The first kappa shape index (κ1) is 33.8. The number of likely N-dealkylation sites (N-methyl/N-ethyl adjacent to an activating group) is 1. The van der Waals surface area contributed by atoms with Crippen LogP contribution in [-0.4, -0.2) is 114 Å². The van der Waals surface area contributed by atoms with Gasteiger partial charge in [0.15, 0.2) is 0 Å². The highest BCUT2D eigenvalue weighted by Crippen LogP contribution is 2.30. The highest BCUT2D eigenvalue weighted by molar-refractivity contribution is 6.08. The van der Waals surface area contributed by atoms with Crippen LogP contribution >= 0.6 is 0 Å². The quantitative estimate of drug-likeness (QED) is 0.134. The SMILES string of the molecule is CN1CCN(CCNCc2ccc3n(c2)nc[n+]3CCn2c3ccccc3c3cc(CNCCN4CCN(c5ccccc5)CC4)ccc32)CC1. The van der Waals surface area contributed by atoms with Crippen molar-refractivity contribution in [3.05, 3.63) is 109 Å². The van der Waals surface area contributed by atoms with Gasteiger partial charge in [0.05, 0.1) is 13.1 Å². The molecule has 10 heteroatoms. The Balaban J connectivity index is 0.851. The van der Waals surface area contributed by atoms with E-state index < -0.39 is 0 Å². The van der Waals surface area contributed by atoms with Crippen LogP contribution in [0, 0.1) is 0 Å². The van der Waals surface area contributed by atoms with Crippen LogP contribution in [0.2, 0.25) is 0 Å². The van der Waals surface area contributed by atoms with Crippen LogP contribution in [0.5, 0.6) is 0 Å². The number of aryl methyl sites for hydroxylation is 2. The van der Waals surface area contributed by atoms with Crippen molar-refractivity contribution in [2.75, 3.05) is 90.5 Å². The van der Waals surface area contributed by atoms with Crippen molar-refractivity contribution in [3.8, 4) is 0 Å². The van der Waals surface area contributed by atoms with Crippen molar-refractivity contribution in [2.45, 2.75) is 26.2 Å². The third-order valence-electron chi connectivity index (χ3n) is 10.9. The Morgan fingerprint density at radius 1 is 0.647 bits per heavy atom. The second kappa shape index (κ2) is 15.9. The van der Waals surface area contributed by atoms with Gasteiger partial charge < -0.3 is 25.0 Å². The van der Waals surface area contributed by atoms with Crippen molar-refractivity contribution in [1.29, 1.82) is 0 Å². The Labute approximate surface area is 301 Å². The molecule has 2 fully saturated rings. The van der Waals surface area contributed by atoms with Gasteiger partial charge in [-0.1, -0.05) is 47.0 Å². The molecule has 5 heterocycles. The number of piperazine rings is 2. The zero-order chi connectivity index (χ0) is 34.4. The van der Waals surface area contributed by atoms with Gasteiger partial charge in [0.1, 0.15) is 6.20 Å². The third kappa shape index (κ3) is 7.95. The minimum absolute atomic E-state index is 0.850. The summed E-state index contributed by atoms with van der Waals surface area (Å²) < 4.78 is 6.77. The first-order valence-electron chi connectivity index (χ1n) is 18.9. The molecule has 266 valence electrons. The molecule has 0 unspecified atom stereocenters. The van der Waals surface area contributed by atoms with Gasteiger partial charge in [-0.15, -0.1) is 0 Å². The number of para-hydroxylation sites is 2. The minimum Gasteiger partial charge on any atom is -0.369 e. The van der Waals surface area contributed by atoms with Crippen LogP contribution in [-0.2, 0) is 26.2 Å². The number of pyridine rings is 1. The van der Waals surface area contributed by atoms with Gasteiger partial charge in [0.2, 0.25) is 0 Å². The molecule has 8 rings (SSSR count). The second-order valence-electron chi connectivity index (χ2n) is 14.3. The van der Waals surface area contributed by atoms with Crippen molar-refractivity contribution in [3.63, 3.8) is 0 Å². The number of anilines is 1. The Kier molecular flexibility index (Phi) is 10.6. The Bertz CT molecular complexity index is 2020. The molecule has 2 N–H and O–H groups in total. The molecule has 0 atom stereocenters. The molecule has 2 saturated heterocycles. The van der Waals surface area contributed by atoms with E-state index in [1.807, 2.05) is 10.8 Å². The van der Waals surface area contributed by atoms with Crippen LogP contribution in [0.25, 0.3) is 27.5 Å². The van der Waals surface area contributed by atoms with Gasteiger partial charge in [0.25, 0.3) is 12.0 Å². The van der Waals surface area contributed by atoms with Gasteiger partial charge in [-0.05, 0) is 49.0 Å². The smallest absolute Gasteiger partial charge is 0.266 e. The summed E-state index contributed by atoms with van der Waals surface area (Å²) in [7, 11) is 2.21. The van der Waals surface area contributed by atoms with E-state index >= 15 is 0 Å². The van der Waals surface area contributed by atoms with Crippen LogP contribution < -0.4 is 20.1 Å². The first-order chi connectivity index (χ1) is 25.2. The Hall–Kier alpha value is -4.32. The summed E-state index contributed by atoms with van der Waals surface area (Å²) in [6.07, 6.45) is 4.14. The number of rotatable bonds is 14. The van der Waals surface area contributed by atoms with Gasteiger partial charge in [-0.3, -0.25) is 9.80 Å². The number of fused-ring (bicyclic) bond motifs is 4. The average Bonchev–Trinajstić information content (AvgIpc) is 3.73. The van der Waals surface area contributed by atoms with E-state index in [0.29, 0.717) is 0 Å². The minimum atomic E-state index is 0.850. The third-order valence-corrected chi connectivity index (χ3v) is 10.9.